The van der Waals surface area contributed by atoms with Gasteiger partial charge in [0.1, 0.15) is 5.75 Å². The molecular weight excluding hydrogens is 428 g/mol. The molecule has 1 N–H and O–H groups in total. The van der Waals surface area contributed by atoms with Crippen molar-refractivity contribution in [2.45, 2.75) is 59.1 Å². The van der Waals surface area contributed by atoms with Crippen LogP contribution in [0.2, 0.25) is 0 Å². The molecule has 0 radical (unpaired) electrons. The predicted molar refractivity (Wildman–Crippen MR) is 134 cm³/mol. The lowest BCUT2D eigenvalue weighted by molar-refractivity contribution is -0.134. The molecule has 0 unspecified atom stereocenters. The molecule has 0 bridgehead atoms. The summed E-state index contributed by atoms with van der Waals surface area (Å²) in [5, 5.41) is 2.86. The summed E-state index contributed by atoms with van der Waals surface area (Å²) < 4.78 is 11.1. The van der Waals surface area contributed by atoms with Crippen LogP contribution < -0.4 is 10.1 Å². The molecule has 2 aromatic carbocycles. The number of nitrogens with one attached hydrogen (secondary N) is 1. The van der Waals surface area contributed by atoms with Crippen molar-refractivity contribution in [3.8, 4) is 5.75 Å². The van der Waals surface area contributed by atoms with Crippen molar-refractivity contribution >= 4 is 11.8 Å². The molecule has 2 aromatic rings. The lowest BCUT2D eigenvalue weighted by Gasteiger charge is -2.38. The van der Waals surface area contributed by atoms with Gasteiger partial charge in [-0.05, 0) is 54.5 Å². The number of fused-ring (bicyclic) bond motifs is 1. The lowest BCUT2D eigenvalue weighted by Crippen LogP contribution is -2.41. The summed E-state index contributed by atoms with van der Waals surface area (Å²) in [6.07, 6.45) is 1.29. The van der Waals surface area contributed by atoms with E-state index in [1.165, 1.54) is 11.1 Å². The van der Waals surface area contributed by atoms with Crippen LogP contribution in [0.5, 0.6) is 5.75 Å². The molecule has 34 heavy (non-hydrogen) atoms. The van der Waals surface area contributed by atoms with Crippen LogP contribution in [0.3, 0.4) is 0 Å². The summed E-state index contributed by atoms with van der Waals surface area (Å²) in [5.74, 6) is 0.953. The molecule has 0 aromatic heterocycles. The Morgan fingerprint density at radius 2 is 1.88 bits per heavy atom. The van der Waals surface area contributed by atoms with Crippen LogP contribution in [0.15, 0.2) is 42.5 Å². The summed E-state index contributed by atoms with van der Waals surface area (Å²) in [4.78, 5) is 27.8. The first-order valence-electron chi connectivity index (χ1n) is 12.3. The number of hydrogen-bond donors (Lipinski definition) is 1. The predicted octanol–water partition coefficient (Wildman–Crippen LogP) is 4.44. The fraction of sp³-hybridized carbons (Fsp3) is 0.500. The third-order valence-electron chi connectivity index (χ3n) is 6.19. The highest BCUT2D eigenvalue weighted by molar-refractivity contribution is 5.81. The second-order valence-electron chi connectivity index (χ2n) is 9.41. The number of methoxy groups -OCH3 is 1. The SMILES string of the molecule is CC[C@@H](Oc1ccc2c(c1)[C@H](c1ccc(C)cc1)N(C(=O)CC(C)C)CC2)C(=O)NCCOC. The Labute approximate surface area is 203 Å². The van der Waals surface area contributed by atoms with Gasteiger partial charge in [0.25, 0.3) is 5.91 Å². The molecule has 1 aliphatic rings. The van der Waals surface area contributed by atoms with Crippen molar-refractivity contribution in [2.24, 2.45) is 5.92 Å². The van der Waals surface area contributed by atoms with Crippen LogP contribution >= 0.6 is 0 Å². The zero-order valence-corrected chi connectivity index (χ0v) is 21.1. The minimum absolute atomic E-state index is 0.152. The maximum atomic E-state index is 13.2. The molecule has 0 spiro atoms. The van der Waals surface area contributed by atoms with Crippen LogP contribution in [-0.2, 0) is 20.7 Å². The van der Waals surface area contributed by atoms with Crippen molar-refractivity contribution in [1.82, 2.24) is 10.2 Å². The van der Waals surface area contributed by atoms with Gasteiger partial charge in [-0.25, -0.2) is 0 Å². The Kier molecular flexibility index (Phi) is 9.11. The van der Waals surface area contributed by atoms with E-state index in [4.69, 9.17) is 9.47 Å². The number of ether oxygens (including phenoxy) is 2. The molecule has 1 heterocycles. The molecule has 0 saturated carbocycles. The summed E-state index contributed by atoms with van der Waals surface area (Å²) >= 11 is 0. The minimum Gasteiger partial charge on any atom is -0.481 e. The topological polar surface area (TPSA) is 67.9 Å². The second kappa shape index (κ2) is 12.0. The van der Waals surface area contributed by atoms with Gasteiger partial charge in [-0.2, -0.15) is 0 Å². The van der Waals surface area contributed by atoms with E-state index in [-0.39, 0.29) is 17.9 Å². The molecule has 6 nitrogen and oxygen atoms in total. The minimum atomic E-state index is -0.588. The van der Waals surface area contributed by atoms with Gasteiger partial charge in [-0.1, -0.05) is 56.7 Å². The van der Waals surface area contributed by atoms with Crippen molar-refractivity contribution in [3.63, 3.8) is 0 Å². The van der Waals surface area contributed by atoms with E-state index in [0.29, 0.717) is 44.2 Å². The number of benzene rings is 2. The number of hydrogen-bond acceptors (Lipinski definition) is 4. The van der Waals surface area contributed by atoms with Crippen LogP contribution in [-0.4, -0.2) is 49.6 Å². The molecule has 0 fully saturated rings. The quantitative estimate of drug-likeness (QED) is 0.526. The standard InChI is InChI=1S/C28H38N2O4/c1-6-25(28(32)29-14-16-33-5)34-23-12-11-21-13-15-30(26(31)17-19(2)3)27(24(21)18-23)22-9-7-20(4)8-10-22/h7-12,18-19,25,27H,6,13-17H2,1-5H3,(H,29,32)/t25-,27+/m1/s1. The zero-order valence-electron chi connectivity index (χ0n) is 21.1. The number of amides is 2. The summed E-state index contributed by atoms with van der Waals surface area (Å²) in [5.41, 5.74) is 4.55. The van der Waals surface area contributed by atoms with Gasteiger partial charge in [0.15, 0.2) is 6.10 Å². The highest BCUT2D eigenvalue weighted by atomic mass is 16.5. The van der Waals surface area contributed by atoms with Crippen LogP contribution in [0, 0.1) is 12.8 Å². The normalized spacial score (nSPS) is 16.2. The van der Waals surface area contributed by atoms with Crippen LogP contribution in [0.25, 0.3) is 0 Å². The number of aryl methyl sites for hydroxylation is 1. The van der Waals surface area contributed by atoms with Crippen molar-refractivity contribution in [2.75, 3.05) is 26.8 Å². The summed E-state index contributed by atoms with van der Waals surface area (Å²) in [6.45, 7) is 9.74. The van der Waals surface area contributed by atoms with E-state index in [1.54, 1.807) is 7.11 Å². The molecule has 184 valence electrons. The summed E-state index contributed by atoms with van der Waals surface area (Å²) in [7, 11) is 1.60. The Morgan fingerprint density at radius 3 is 2.53 bits per heavy atom. The van der Waals surface area contributed by atoms with Gasteiger partial charge in [0.05, 0.1) is 12.6 Å². The lowest BCUT2D eigenvalue weighted by atomic mass is 9.87. The molecular formula is C28H38N2O4. The molecule has 1 aliphatic heterocycles. The number of carbonyl (C=O) groups is 2. The maximum Gasteiger partial charge on any atom is 0.261 e. The van der Waals surface area contributed by atoms with Crippen molar-refractivity contribution in [3.05, 3.63) is 64.7 Å². The molecule has 2 atom stereocenters. The number of nitrogens with zero attached hydrogens (tertiary/aromatic N) is 1. The van der Waals surface area contributed by atoms with Gasteiger partial charge in [-0.15, -0.1) is 0 Å². The van der Waals surface area contributed by atoms with Gasteiger partial charge in [0, 0.05) is 26.6 Å². The van der Waals surface area contributed by atoms with Gasteiger partial charge in [-0.3, -0.25) is 9.59 Å². The van der Waals surface area contributed by atoms with E-state index >= 15 is 0 Å². The Balaban J connectivity index is 1.92. The second-order valence-corrected chi connectivity index (χ2v) is 9.41. The largest absolute Gasteiger partial charge is 0.481 e. The van der Waals surface area contributed by atoms with E-state index in [2.05, 4.69) is 56.4 Å². The van der Waals surface area contributed by atoms with Crippen molar-refractivity contribution < 1.29 is 19.1 Å². The Morgan fingerprint density at radius 1 is 1.15 bits per heavy atom. The first-order valence-corrected chi connectivity index (χ1v) is 12.3. The van der Waals surface area contributed by atoms with Gasteiger partial charge >= 0.3 is 0 Å². The smallest absolute Gasteiger partial charge is 0.261 e. The molecule has 0 aliphatic carbocycles. The average molecular weight is 467 g/mol. The van der Waals surface area contributed by atoms with Gasteiger partial charge in [0.2, 0.25) is 5.91 Å². The van der Waals surface area contributed by atoms with E-state index in [0.717, 1.165) is 17.5 Å². The fourth-order valence-corrected chi connectivity index (χ4v) is 4.39. The zero-order chi connectivity index (χ0) is 24.7. The van der Waals surface area contributed by atoms with Crippen LogP contribution in [0.4, 0.5) is 0 Å². The fourth-order valence-electron chi connectivity index (χ4n) is 4.39. The molecule has 0 saturated heterocycles. The Hall–Kier alpha value is -2.86. The Bertz CT molecular complexity index is 971. The molecule has 6 heteroatoms. The molecule has 3 rings (SSSR count). The third-order valence-corrected chi connectivity index (χ3v) is 6.19. The van der Waals surface area contributed by atoms with E-state index < -0.39 is 6.10 Å². The highest BCUT2D eigenvalue weighted by Gasteiger charge is 2.32. The maximum absolute atomic E-state index is 13.2. The van der Waals surface area contributed by atoms with E-state index in [9.17, 15) is 9.59 Å². The number of rotatable bonds is 10. The van der Waals surface area contributed by atoms with Crippen LogP contribution in [0.1, 0.15) is 61.9 Å². The number of carbonyl (C=O) groups excluding carboxylic acids is 2. The molecule has 2 amide bonds. The highest BCUT2D eigenvalue weighted by Crippen LogP contribution is 2.38. The third kappa shape index (κ3) is 6.38. The first-order chi connectivity index (χ1) is 16.3. The summed E-state index contributed by atoms with van der Waals surface area (Å²) in [6, 6.07) is 14.2. The van der Waals surface area contributed by atoms with E-state index in [1.807, 2.05) is 24.0 Å². The monoisotopic (exact) mass is 466 g/mol. The van der Waals surface area contributed by atoms with Gasteiger partial charge < -0.3 is 19.7 Å². The van der Waals surface area contributed by atoms with Crippen molar-refractivity contribution in [1.29, 1.82) is 0 Å². The first kappa shape index (κ1) is 25.8. The average Bonchev–Trinajstić information content (AvgIpc) is 2.82.